The number of piperazine rings is 1. The van der Waals surface area contributed by atoms with Gasteiger partial charge in [0, 0.05) is 32.7 Å². The van der Waals surface area contributed by atoms with Crippen molar-refractivity contribution in [1.82, 2.24) is 24.7 Å². The van der Waals surface area contributed by atoms with E-state index in [1.807, 2.05) is 18.2 Å². The number of nitrogen functional groups attached to an aromatic ring is 1. The number of carbonyl (C=O) groups excluding carboxylic acids is 1. The maximum Gasteiger partial charge on any atom is 0.453 e. The molecule has 30 heavy (non-hydrogen) atoms. The average molecular weight is 444 g/mol. The lowest BCUT2D eigenvalue weighted by Crippen LogP contribution is -2.48. The van der Waals surface area contributed by atoms with Crippen LogP contribution in [0, 0.1) is 0 Å². The van der Waals surface area contributed by atoms with E-state index in [1.165, 1.54) is 0 Å². The first-order chi connectivity index (χ1) is 14.3. The lowest BCUT2D eigenvalue weighted by atomic mass is 10.1. The molecule has 1 fully saturated rings. The first-order valence-corrected chi connectivity index (χ1v) is 10.1. The molecule has 2 aliphatic rings. The second-order valence-corrected chi connectivity index (χ2v) is 7.75. The second kappa shape index (κ2) is 8.22. The SMILES string of the molecule is Nn1c(SCC(=O)N2CCN(Cc3ccc4c(c3)OCO4)CC2)nnc1C(F)(F)F. The van der Waals surface area contributed by atoms with Gasteiger partial charge in [0.15, 0.2) is 11.5 Å². The molecule has 0 radical (unpaired) electrons. The van der Waals surface area contributed by atoms with Gasteiger partial charge in [-0.05, 0) is 17.7 Å². The molecule has 162 valence electrons. The molecule has 3 heterocycles. The van der Waals surface area contributed by atoms with E-state index in [4.69, 9.17) is 15.3 Å². The van der Waals surface area contributed by atoms with Crippen molar-refractivity contribution in [3.63, 3.8) is 0 Å². The average Bonchev–Trinajstić information content (AvgIpc) is 3.32. The van der Waals surface area contributed by atoms with Gasteiger partial charge in [-0.1, -0.05) is 17.8 Å². The van der Waals surface area contributed by atoms with Gasteiger partial charge in [0.05, 0.1) is 5.75 Å². The molecule has 2 N–H and O–H groups in total. The first kappa shape index (κ1) is 20.6. The van der Waals surface area contributed by atoms with Crippen LogP contribution in [0.5, 0.6) is 11.5 Å². The Morgan fingerprint density at radius 1 is 1.13 bits per heavy atom. The van der Waals surface area contributed by atoms with Gasteiger partial charge in [0.25, 0.3) is 5.82 Å². The summed E-state index contributed by atoms with van der Waals surface area (Å²) in [6.45, 7) is 3.41. The Labute approximate surface area is 173 Å². The number of nitrogens with zero attached hydrogens (tertiary/aromatic N) is 5. The highest BCUT2D eigenvalue weighted by atomic mass is 32.2. The summed E-state index contributed by atoms with van der Waals surface area (Å²) in [6.07, 6.45) is -4.70. The van der Waals surface area contributed by atoms with Crippen molar-refractivity contribution in [3.8, 4) is 11.5 Å². The predicted molar refractivity (Wildman–Crippen MR) is 100 cm³/mol. The van der Waals surface area contributed by atoms with Crippen molar-refractivity contribution >= 4 is 17.7 Å². The number of amides is 1. The molecule has 1 saturated heterocycles. The van der Waals surface area contributed by atoms with Crippen molar-refractivity contribution in [2.75, 3.05) is 44.6 Å². The van der Waals surface area contributed by atoms with E-state index in [0.29, 0.717) is 30.9 Å². The van der Waals surface area contributed by atoms with Crippen molar-refractivity contribution in [1.29, 1.82) is 0 Å². The fourth-order valence-corrected chi connectivity index (χ4v) is 4.00. The number of carbonyl (C=O) groups is 1. The number of nitrogens with two attached hydrogens (primary N) is 1. The standard InChI is InChI=1S/C17H19F3N6O3S/c18-17(19,20)15-22-23-16(26(15)21)30-9-14(27)25-5-3-24(4-6-25)8-11-1-2-12-13(7-11)29-10-28-12/h1-2,7H,3-6,8-10,21H2. The van der Waals surface area contributed by atoms with Gasteiger partial charge in [0.2, 0.25) is 17.9 Å². The van der Waals surface area contributed by atoms with Crippen LogP contribution in [0.2, 0.25) is 0 Å². The minimum atomic E-state index is -4.70. The molecule has 0 spiro atoms. The van der Waals surface area contributed by atoms with Crippen LogP contribution in [-0.2, 0) is 17.5 Å². The molecule has 2 aromatic rings. The summed E-state index contributed by atoms with van der Waals surface area (Å²) < 4.78 is 49.2. The molecule has 0 aliphatic carbocycles. The van der Waals surface area contributed by atoms with Crippen LogP contribution >= 0.6 is 11.8 Å². The maximum absolute atomic E-state index is 12.7. The second-order valence-electron chi connectivity index (χ2n) is 6.81. The highest BCUT2D eigenvalue weighted by Gasteiger charge is 2.38. The quantitative estimate of drug-likeness (QED) is 0.542. The summed E-state index contributed by atoms with van der Waals surface area (Å²) in [7, 11) is 0. The number of benzene rings is 1. The van der Waals surface area contributed by atoms with Crippen LogP contribution in [0.4, 0.5) is 13.2 Å². The van der Waals surface area contributed by atoms with Crippen LogP contribution in [0.25, 0.3) is 0 Å². The van der Waals surface area contributed by atoms with Crippen LogP contribution in [0.1, 0.15) is 11.4 Å². The van der Waals surface area contributed by atoms with E-state index in [-0.39, 0.29) is 23.6 Å². The van der Waals surface area contributed by atoms with Crippen molar-refractivity contribution in [2.45, 2.75) is 17.9 Å². The van der Waals surface area contributed by atoms with E-state index in [0.717, 1.165) is 35.4 Å². The predicted octanol–water partition coefficient (Wildman–Crippen LogP) is 1.18. The monoisotopic (exact) mass is 444 g/mol. The summed E-state index contributed by atoms with van der Waals surface area (Å²) >= 11 is 0.834. The van der Waals surface area contributed by atoms with Gasteiger partial charge in [-0.15, -0.1) is 10.2 Å². The summed E-state index contributed by atoms with van der Waals surface area (Å²) in [6, 6.07) is 5.82. The molecule has 13 heteroatoms. The third-order valence-corrected chi connectivity index (χ3v) is 5.74. The highest BCUT2D eigenvalue weighted by Crippen LogP contribution is 2.33. The fraction of sp³-hybridized carbons (Fsp3) is 0.471. The summed E-state index contributed by atoms with van der Waals surface area (Å²) in [5.41, 5.74) is 1.09. The molecule has 0 saturated carbocycles. The van der Waals surface area contributed by atoms with Gasteiger partial charge in [0.1, 0.15) is 0 Å². The topological polar surface area (TPSA) is 98.7 Å². The van der Waals surface area contributed by atoms with Crippen LogP contribution in [-0.4, -0.2) is 69.3 Å². The molecule has 0 atom stereocenters. The summed E-state index contributed by atoms with van der Waals surface area (Å²) in [5.74, 6) is 5.32. The van der Waals surface area contributed by atoms with Crippen molar-refractivity contribution in [3.05, 3.63) is 29.6 Å². The molecular formula is C17H19F3N6O3S. The van der Waals surface area contributed by atoms with Gasteiger partial charge in [-0.2, -0.15) is 13.2 Å². The molecule has 4 rings (SSSR count). The Kier molecular flexibility index (Phi) is 5.64. The Balaban J connectivity index is 1.25. The normalized spacial score (nSPS) is 16.8. The van der Waals surface area contributed by atoms with Crippen LogP contribution in [0.3, 0.4) is 0 Å². The number of rotatable bonds is 5. The summed E-state index contributed by atoms with van der Waals surface area (Å²) in [5, 5.41) is 6.30. The third-order valence-electron chi connectivity index (χ3n) is 4.81. The molecule has 9 nitrogen and oxygen atoms in total. The number of thioether (sulfide) groups is 1. The van der Waals surface area contributed by atoms with Crippen LogP contribution < -0.4 is 15.3 Å². The van der Waals surface area contributed by atoms with E-state index in [1.54, 1.807) is 4.90 Å². The largest absolute Gasteiger partial charge is 0.454 e. The zero-order valence-electron chi connectivity index (χ0n) is 15.8. The smallest absolute Gasteiger partial charge is 0.453 e. The first-order valence-electron chi connectivity index (χ1n) is 9.10. The number of halogens is 3. The zero-order valence-corrected chi connectivity index (χ0v) is 16.6. The number of alkyl halides is 3. The minimum Gasteiger partial charge on any atom is -0.454 e. The number of hydrogen-bond donors (Lipinski definition) is 1. The zero-order chi connectivity index (χ0) is 21.3. The van der Waals surface area contributed by atoms with Crippen molar-refractivity contribution in [2.24, 2.45) is 0 Å². The van der Waals surface area contributed by atoms with Crippen molar-refractivity contribution < 1.29 is 27.4 Å². The Hall–Kier alpha value is -2.67. The van der Waals surface area contributed by atoms with E-state index in [2.05, 4.69) is 15.1 Å². The minimum absolute atomic E-state index is 0.0602. The fourth-order valence-electron chi connectivity index (χ4n) is 3.24. The maximum atomic E-state index is 12.7. The molecule has 0 bridgehead atoms. The molecule has 0 unspecified atom stereocenters. The van der Waals surface area contributed by atoms with E-state index in [9.17, 15) is 18.0 Å². The van der Waals surface area contributed by atoms with Crippen LogP contribution in [0.15, 0.2) is 23.4 Å². The molecule has 2 aliphatic heterocycles. The number of fused-ring (bicyclic) bond motifs is 1. The number of ether oxygens (including phenoxy) is 2. The molecule has 1 amide bonds. The van der Waals surface area contributed by atoms with Gasteiger partial charge < -0.3 is 20.2 Å². The molecule has 1 aromatic carbocycles. The number of hydrogen-bond acceptors (Lipinski definition) is 8. The highest BCUT2D eigenvalue weighted by molar-refractivity contribution is 7.99. The van der Waals surface area contributed by atoms with E-state index < -0.39 is 12.0 Å². The number of aromatic nitrogens is 3. The lowest BCUT2D eigenvalue weighted by Gasteiger charge is -2.34. The van der Waals surface area contributed by atoms with Gasteiger partial charge >= 0.3 is 6.18 Å². The third kappa shape index (κ3) is 4.41. The van der Waals surface area contributed by atoms with Gasteiger partial charge in [-0.3, -0.25) is 9.69 Å². The molecular weight excluding hydrogens is 425 g/mol. The van der Waals surface area contributed by atoms with E-state index >= 15 is 0 Å². The van der Waals surface area contributed by atoms with Gasteiger partial charge in [-0.25, -0.2) is 4.68 Å². The lowest BCUT2D eigenvalue weighted by molar-refractivity contribution is -0.146. The Morgan fingerprint density at radius 2 is 1.87 bits per heavy atom. The Morgan fingerprint density at radius 3 is 2.57 bits per heavy atom. The molecule has 1 aromatic heterocycles. The Bertz CT molecular complexity index is 930. The summed E-state index contributed by atoms with van der Waals surface area (Å²) in [4.78, 5) is 16.3.